The number of aliphatic imine (C=N–C) groups is 1. The van der Waals surface area contributed by atoms with E-state index < -0.39 is 0 Å². The van der Waals surface area contributed by atoms with Crippen molar-refractivity contribution in [2.75, 3.05) is 13.7 Å². The molecule has 1 atom stereocenters. The Morgan fingerprint density at radius 2 is 2.50 bits per heavy atom. The maximum absolute atomic E-state index is 5.20. The second-order valence-corrected chi connectivity index (χ2v) is 2.73. The van der Waals surface area contributed by atoms with Crippen molar-refractivity contribution in [1.29, 1.82) is 0 Å². The highest BCUT2D eigenvalue weighted by Crippen LogP contribution is 2.33. The molecular weight excluding hydrogens is 146 g/mol. The van der Waals surface area contributed by atoms with Crippen LogP contribution in [0.15, 0.2) is 4.99 Å². The lowest BCUT2D eigenvalue weighted by molar-refractivity contribution is 0.0921. The van der Waals surface area contributed by atoms with E-state index in [1.807, 2.05) is 0 Å². The monoisotopic (exact) mass is 157 g/mol. The molecule has 0 N–H and O–H groups in total. The maximum Gasteiger partial charge on any atom is 0.0802 e. The molecule has 0 bridgehead atoms. The Hall–Kier alpha value is -0.240. The summed E-state index contributed by atoms with van der Waals surface area (Å²) < 4.78 is 5.20. The molecule has 0 amide bonds. The summed E-state index contributed by atoms with van der Waals surface area (Å²) in [5.41, 5.74) is 0. The molecule has 0 radical (unpaired) electrons. The summed E-state index contributed by atoms with van der Waals surface area (Å²) in [6, 6.07) is 0. The van der Waals surface area contributed by atoms with Crippen molar-refractivity contribution in [3.8, 4) is 0 Å². The Labute approximate surface area is 66.3 Å². The standard InChI is InChI=1S/C7H11NOS/c1-9-7(4-8-5-10)6-2-3-6/h6-7H,2-4H2,1H3. The highest BCUT2D eigenvalue weighted by molar-refractivity contribution is 7.78. The minimum Gasteiger partial charge on any atom is -0.379 e. The third kappa shape index (κ3) is 2.18. The first-order valence-electron chi connectivity index (χ1n) is 3.45. The topological polar surface area (TPSA) is 21.6 Å². The maximum atomic E-state index is 5.20. The normalized spacial score (nSPS) is 19.7. The summed E-state index contributed by atoms with van der Waals surface area (Å²) >= 11 is 4.45. The van der Waals surface area contributed by atoms with E-state index in [1.165, 1.54) is 12.8 Å². The van der Waals surface area contributed by atoms with Crippen LogP contribution in [0.2, 0.25) is 0 Å². The predicted octanol–water partition coefficient (Wildman–Crippen LogP) is 1.51. The predicted molar refractivity (Wildman–Crippen MR) is 43.4 cm³/mol. The number of hydrogen-bond donors (Lipinski definition) is 0. The fourth-order valence-electron chi connectivity index (χ4n) is 1.01. The van der Waals surface area contributed by atoms with E-state index in [-0.39, 0.29) is 6.10 Å². The van der Waals surface area contributed by atoms with Gasteiger partial charge in [-0.3, -0.25) is 0 Å². The van der Waals surface area contributed by atoms with Gasteiger partial charge in [-0.2, -0.15) is 0 Å². The van der Waals surface area contributed by atoms with E-state index in [0.717, 1.165) is 5.92 Å². The van der Waals surface area contributed by atoms with Crippen LogP contribution in [0.25, 0.3) is 0 Å². The molecule has 0 aromatic rings. The van der Waals surface area contributed by atoms with E-state index in [9.17, 15) is 0 Å². The lowest BCUT2D eigenvalue weighted by Gasteiger charge is -2.09. The molecule has 0 heterocycles. The van der Waals surface area contributed by atoms with Gasteiger partial charge in [0.05, 0.1) is 17.8 Å². The van der Waals surface area contributed by atoms with Gasteiger partial charge in [0.2, 0.25) is 0 Å². The van der Waals surface area contributed by atoms with Crippen LogP contribution in [0.5, 0.6) is 0 Å². The first-order valence-corrected chi connectivity index (χ1v) is 3.85. The summed E-state index contributed by atoms with van der Waals surface area (Å²) in [5, 5.41) is 2.34. The van der Waals surface area contributed by atoms with Crippen LogP contribution < -0.4 is 0 Å². The highest BCUT2D eigenvalue weighted by atomic mass is 32.1. The molecule has 1 aliphatic carbocycles. The molecule has 3 heteroatoms. The fraction of sp³-hybridized carbons (Fsp3) is 0.857. The summed E-state index contributed by atoms with van der Waals surface area (Å²) in [6.07, 6.45) is 2.85. The Kier molecular flexibility index (Phi) is 3.00. The quantitative estimate of drug-likeness (QED) is 0.456. The number of hydrogen-bond acceptors (Lipinski definition) is 3. The number of rotatable bonds is 4. The van der Waals surface area contributed by atoms with Crippen LogP contribution in [0, 0.1) is 5.92 Å². The Morgan fingerprint density at radius 3 is 2.90 bits per heavy atom. The van der Waals surface area contributed by atoms with E-state index in [4.69, 9.17) is 4.74 Å². The smallest absolute Gasteiger partial charge is 0.0802 e. The van der Waals surface area contributed by atoms with Crippen molar-refractivity contribution in [3.05, 3.63) is 0 Å². The van der Waals surface area contributed by atoms with Gasteiger partial charge in [0, 0.05) is 7.11 Å². The van der Waals surface area contributed by atoms with Crippen molar-refractivity contribution in [2.24, 2.45) is 10.9 Å². The van der Waals surface area contributed by atoms with Crippen molar-refractivity contribution >= 4 is 17.4 Å². The van der Waals surface area contributed by atoms with Crippen LogP contribution in [0.4, 0.5) is 0 Å². The molecular formula is C7H11NOS. The molecule has 10 heavy (non-hydrogen) atoms. The van der Waals surface area contributed by atoms with Gasteiger partial charge in [0.1, 0.15) is 0 Å². The van der Waals surface area contributed by atoms with Crippen LogP contribution in [0.1, 0.15) is 12.8 Å². The third-order valence-electron chi connectivity index (χ3n) is 1.79. The van der Waals surface area contributed by atoms with Gasteiger partial charge < -0.3 is 4.74 Å². The zero-order chi connectivity index (χ0) is 7.40. The minimum atomic E-state index is 0.287. The number of methoxy groups -OCH3 is 1. The molecule has 1 rings (SSSR count). The zero-order valence-electron chi connectivity index (χ0n) is 6.04. The zero-order valence-corrected chi connectivity index (χ0v) is 6.86. The van der Waals surface area contributed by atoms with Crippen LogP contribution in [0.3, 0.4) is 0 Å². The molecule has 0 aliphatic heterocycles. The van der Waals surface area contributed by atoms with Crippen molar-refractivity contribution in [2.45, 2.75) is 18.9 Å². The van der Waals surface area contributed by atoms with E-state index in [0.29, 0.717) is 6.54 Å². The molecule has 1 aliphatic rings. The average Bonchev–Trinajstić information content (AvgIpc) is 2.73. The summed E-state index contributed by atoms with van der Waals surface area (Å²) in [7, 11) is 1.72. The van der Waals surface area contributed by atoms with Gasteiger partial charge in [0.15, 0.2) is 0 Å². The van der Waals surface area contributed by atoms with Crippen molar-refractivity contribution in [1.82, 2.24) is 0 Å². The van der Waals surface area contributed by atoms with Crippen LogP contribution >= 0.6 is 12.2 Å². The first kappa shape index (κ1) is 7.86. The Bertz CT molecular complexity index is 150. The van der Waals surface area contributed by atoms with E-state index in [1.54, 1.807) is 7.11 Å². The molecule has 0 aromatic carbocycles. The Balaban J connectivity index is 2.25. The summed E-state index contributed by atoms with van der Waals surface area (Å²) in [6.45, 7) is 0.685. The van der Waals surface area contributed by atoms with Crippen molar-refractivity contribution in [3.63, 3.8) is 0 Å². The number of thiocarbonyl (C=S) groups is 1. The average molecular weight is 157 g/mol. The molecule has 1 fully saturated rings. The molecule has 0 aromatic heterocycles. The van der Waals surface area contributed by atoms with Crippen LogP contribution in [-0.4, -0.2) is 24.9 Å². The second-order valence-electron chi connectivity index (χ2n) is 2.54. The molecule has 0 spiro atoms. The lowest BCUT2D eigenvalue weighted by atomic mass is 10.2. The van der Waals surface area contributed by atoms with Crippen LogP contribution in [-0.2, 0) is 4.74 Å². The van der Waals surface area contributed by atoms with E-state index >= 15 is 0 Å². The summed E-state index contributed by atoms with van der Waals surface area (Å²) in [5.74, 6) is 0.733. The minimum absolute atomic E-state index is 0.287. The highest BCUT2D eigenvalue weighted by Gasteiger charge is 2.30. The van der Waals surface area contributed by atoms with Gasteiger partial charge in [0.25, 0.3) is 0 Å². The number of ether oxygens (including phenoxy) is 1. The third-order valence-corrected chi connectivity index (χ3v) is 1.92. The SMILES string of the molecule is COC(CN=C=S)C1CC1. The fourth-order valence-corrected chi connectivity index (χ4v) is 1.09. The second kappa shape index (κ2) is 3.81. The molecule has 1 saturated carbocycles. The van der Waals surface area contributed by atoms with Crippen molar-refractivity contribution < 1.29 is 4.74 Å². The van der Waals surface area contributed by atoms with Gasteiger partial charge in [-0.15, -0.1) is 0 Å². The molecule has 56 valence electrons. The van der Waals surface area contributed by atoms with Gasteiger partial charge in [-0.25, -0.2) is 4.99 Å². The molecule has 2 nitrogen and oxygen atoms in total. The van der Waals surface area contributed by atoms with Gasteiger partial charge >= 0.3 is 0 Å². The Morgan fingerprint density at radius 1 is 1.80 bits per heavy atom. The lowest BCUT2D eigenvalue weighted by Crippen LogP contribution is -2.16. The number of isothiocyanates is 1. The first-order chi connectivity index (χ1) is 4.88. The molecule has 0 saturated heterocycles. The van der Waals surface area contributed by atoms with Gasteiger partial charge in [-0.1, -0.05) is 0 Å². The molecule has 1 unspecified atom stereocenters. The largest absolute Gasteiger partial charge is 0.379 e. The van der Waals surface area contributed by atoms with E-state index in [2.05, 4.69) is 22.4 Å². The number of nitrogens with zero attached hydrogens (tertiary/aromatic N) is 1. The van der Waals surface area contributed by atoms with Gasteiger partial charge in [-0.05, 0) is 31.0 Å². The summed E-state index contributed by atoms with van der Waals surface area (Å²) in [4.78, 5) is 3.84.